The molecule has 8 heteroatoms. The topological polar surface area (TPSA) is 100 Å². The van der Waals surface area contributed by atoms with Gasteiger partial charge in [0.25, 0.3) is 11.8 Å². The number of hydrogen-bond donors (Lipinski definition) is 3. The van der Waals surface area contributed by atoms with Crippen LogP contribution in [0.2, 0.25) is 0 Å². The van der Waals surface area contributed by atoms with Gasteiger partial charge in [-0.25, -0.2) is 0 Å². The van der Waals surface area contributed by atoms with E-state index in [0.29, 0.717) is 33.6 Å². The Morgan fingerprint density at radius 3 is 1.98 bits per heavy atom. The fourth-order valence-electron chi connectivity index (χ4n) is 5.09. The molecule has 0 aliphatic heterocycles. The largest absolute Gasteiger partial charge is 0.356 e. The first-order valence-electron chi connectivity index (χ1n) is 13.3. The molecular formula is C34H22N4O3S. The molecule has 7 nitrogen and oxygen atoms in total. The lowest BCUT2D eigenvalue weighted by Crippen LogP contribution is -2.17. The van der Waals surface area contributed by atoms with Crippen LogP contribution >= 0.6 is 11.5 Å². The van der Waals surface area contributed by atoms with Gasteiger partial charge in [0.05, 0.1) is 21.6 Å². The highest BCUT2D eigenvalue weighted by Gasteiger charge is 2.30. The molecular weight excluding hydrogens is 544 g/mol. The number of carbonyl (C=O) groups excluding carboxylic acids is 3. The molecule has 0 radical (unpaired) electrons. The smallest absolute Gasteiger partial charge is 0.255 e. The second kappa shape index (κ2) is 10.4. The van der Waals surface area contributed by atoms with Crippen molar-refractivity contribution in [2.24, 2.45) is 0 Å². The van der Waals surface area contributed by atoms with Crippen LogP contribution in [0.15, 0.2) is 115 Å². The van der Waals surface area contributed by atoms with Crippen molar-refractivity contribution in [3.63, 3.8) is 0 Å². The predicted octanol–water partition coefficient (Wildman–Crippen LogP) is 7.76. The number of anilines is 4. The second-order valence-corrected chi connectivity index (χ2v) is 10.6. The minimum Gasteiger partial charge on any atom is -0.356 e. The van der Waals surface area contributed by atoms with E-state index in [1.54, 1.807) is 30.3 Å². The normalized spacial score (nSPS) is 11.6. The number of carbonyl (C=O) groups is 3. The van der Waals surface area contributed by atoms with Gasteiger partial charge in [-0.3, -0.25) is 14.4 Å². The number of aromatic nitrogens is 1. The second-order valence-electron chi connectivity index (χ2n) is 9.82. The highest BCUT2D eigenvalue weighted by Crippen LogP contribution is 2.42. The number of nitrogens with zero attached hydrogens (tertiary/aromatic N) is 1. The Kier molecular flexibility index (Phi) is 6.30. The molecule has 1 heterocycles. The molecule has 6 aromatic rings. The summed E-state index contributed by atoms with van der Waals surface area (Å²) in [5.41, 5.74) is 6.38. The van der Waals surface area contributed by atoms with E-state index >= 15 is 0 Å². The monoisotopic (exact) mass is 566 g/mol. The Labute approximate surface area is 245 Å². The Balaban J connectivity index is 1.04. The maximum Gasteiger partial charge on any atom is 0.255 e. The van der Waals surface area contributed by atoms with Crippen LogP contribution < -0.4 is 16.0 Å². The molecule has 7 rings (SSSR count). The lowest BCUT2D eigenvalue weighted by atomic mass is 9.86. The molecule has 0 unspecified atom stereocenters. The predicted molar refractivity (Wildman–Crippen MR) is 167 cm³/mol. The molecule has 5 aromatic carbocycles. The fourth-order valence-corrected chi connectivity index (χ4v) is 5.91. The molecule has 0 bridgehead atoms. The van der Waals surface area contributed by atoms with E-state index in [0.717, 1.165) is 32.7 Å². The number of hydrogen-bond acceptors (Lipinski definition) is 6. The van der Waals surface area contributed by atoms with Gasteiger partial charge in [-0.05, 0) is 84.3 Å². The summed E-state index contributed by atoms with van der Waals surface area (Å²) in [6, 6.07) is 34.6. The van der Waals surface area contributed by atoms with E-state index < -0.39 is 0 Å². The molecule has 1 aromatic heterocycles. The molecule has 1 aliphatic rings. The maximum atomic E-state index is 13.5. The first kappa shape index (κ1) is 25.4. The Bertz CT molecular complexity index is 2000. The van der Waals surface area contributed by atoms with Crippen LogP contribution in [0.3, 0.4) is 0 Å². The van der Waals surface area contributed by atoms with Gasteiger partial charge < -0.3 is 16.0 Å². The maximum absolute atomic E-state index is 13.5. The van der Waals surface area contributed by atoms with Crippen LogP contribution in [0, 0.1) is 0 Å². The zero-order valence-corrected chi connectivity index (χ0v) is 22.9. The summed E-state index contributed by atoms with van der Waals surface area (Å²) in [4.78, 5) is 39.1. The quantitative estimate of drug-likeness (QED) is 0.191. The number of nitrogens with one attached hydrogen (secondary N) is 3. The average molecular weight is 567 g/mol. The van der Waals surface area contributed by atoms with Crippen LogP contribution in [0.25, 0.3) is 21.3 Å². The van der Waals surface area contributed by atoms with Gasteiger partial charge in [-0.15, -0.1) is 0 Å². The molecule has 1 aliphatic carbocycles. The molecule has 0 saturated carbocycles. The summed E-state index contributed by atoms with van der Waals surface area (Å²) in [6.07, 6.45) is 0. The summed E-state index contributed by atoms with van der Waals surface area (Å²) >= 11 is 1.37. The zero-order chi connectivity index (χ0) is 28.6. The first-order chi connectivity index (χ1) is 20.5. The third-order valence-corrected chi connectivity index (χ3v) is 7.96. The zero-order valence-electron chi connectivity index (χ0n) is 22.0. The van der Waals surface area contributed by atoms with Gasteiger partial charge >= 0.3 is 0 Å². The van der Waals surface area contributed by atoms with Gasteiger partial charge in [0.15, 0.2) is 5.78 Å². The third-order valence-electron chi connectivity index (χ3n) is 7.15. The summed E-state index contributed by atoms with van der Waals surface area (Å²) in [5, 5.41) is 9.99. The molecule has 42 heavy (non-hydrogen) atoms. The van der Waals surface area contributed by atoms with Crippen molar-refractivity contribution in [2.75, 3.05) is 16.0 Å². The summed E-state index contributed by atoms with van der Waals surface area (Å²) in [6.45, 7) is 0. The van der Waals surface area contributed by atoms with Crippen LogP contribution in [-0.4, -0.2) is 22.0 Å². The summed E-state index contributed by atoms with van der Waals surface area (Å²) in [5.74, 6) is -0.608. The molecule has 0 saturated heterocycles. The van der Waals surface area contributed by atoms with Crippen LogP contribution in [0.4, 0.5) is 22.7 Å². The molecule has 0 spiro atoms. The number of fused-ring (bicyclic) bond motifs is 2. The SMILES string of the molecule is O=C(Nc1ccc(Nc2ccc(C(=O)Nc3cccc4c3C(=O)c3cccc5snc-4c35)cc2)cc1)c1ccccc1. The van der Waals surface area contributed by atoms with Crippen LogP contribution in [0.5, 0.6) is 0 Å². The van der Waals surface area contributed by atoms with Crippen molar-refractivity contribution >= 4 is 62.0 Å². The molecule has 0 atom stereocenters. The van der Waals surface area contributed by atoms with Gasteiger partial charge in [0.2, 0.25) is 0 Å². The van der Waals surface area contributed by atoms with E-state index in [4.69, 9.17) is 0 Å². The van der Waals surface area contributed by atoms with Gasteiger partial charge in [0.1, 0.15) is 0 Å². The van der Waals surface area contributed by atoms with E-state index in [1.165, 1.54) is 11.5 Å². The Morgan fingerprint density at radius 2 is 1.21 bits per heavy atom. The molecule has 3 N–H and O–H groups in total. The van der Waals surface area contributed by atoms with Gasteiger partial charge in [0, 0.05) is 44.7 Å². The van der Waals surface area contributed by atoms with Gasteiger partial charge in [-0.1, -0.05) is 42.5 Å². The van der Waals surface area contributed by atoms with E-state index in [-0.39, 0.29) is 17.6 Å². The number of rotatable bonds is 6. The minimum atomic E-state index is -0.316. The van der Waals surface area contributed by atoms with Crippen molar-refractivity contribution in [1.82, 2.24) is 4.37 Å². The molecule has 2 amide bonds. The number of benzene rings is 5. The molecule has 0 fully saturated rings. The standard InChI is InChI=1S/C34H22N4O3S/c39-32-26-9-5-11-28-30(26)31(38-42-28)25-8-4-10-27(29(25)32)37-34(41)21-12-14-22(15-13-21)35-23-16-18-24(19-17-23)36-33(40)20-6-2-1-3-7-20/h1-19,35H,(H,36,40)(H,37,41). The fraction of sp³-hybridized carbons (Fsp3) is 0. The number of amides is 2. The van der Waals surface area contributed by atoms with Crippen LogP contribution in [0.1, 0.15) is 36.6 Å². The lowest BCUT2D eigenvalue weighted by molar-refractivity contribution is 0.101. The highest BCUT2D eigenvalue weighted by atomic mass is 32.1. The molecule has 202 valence electrons. The van der Waals surface area contributed by atoms with E-state index in [9.17, 15) is 14.4 Å². The van der Waals surface area contributed by atoms with E-state index in [1.807, 2.05) is 84.9 Å². The van der Waals surface area contributed by atoms with Crippen LogP contribution in [-0.2, 0) is 0 Å². The number of ketones is 1. The lowest BCUT2D eigenvalue weighted by Gasteiger charge is -2.19. The Morgan fingerprint density at radius 1 is 0.595 bits per heavy atom. The van der Waals surface area contributed by atoms with E-state index in [2.05, 4.69) is 20.3 Å². The summed E-state index contributed by atoms with van der Waals surface area (Å²) in [7, 11) is 0. The van der Waals surface area contributed by atoms with Gasteiger partial charge in [-0.2, -0.15) is 4.37 Å². The first-order valence-corrected chi connectivity index (χ1v) is 14.0. The minimum absolute atomic E-state index is 0.121. The van der Waals surface area contributed by atoms with Crippen molar-refractivity contribution in [2.45, 2.75) is 0 Å². The highest BCUT2D eigenvalue weighted by molar-refractivity contribution is 7.13. The Hall–Kier alpha value is -5.60. The van der Waals surface area contributed by atoms with Crippen molar-refractivity contribution in [3.05, 3.63) is 138 Å². The van der Waals surface area contributed by atoms with Crippen molar-refractivity contribution < 1.29 is 14.4 Å². The summed E-state index contributed by atoms with van der Waals surface area (Å²) < 4.78 is 5.57. The van der Waals surface area contributed by atoms with Crippen molar-refractivity contribution in [1.29, 1.82) is 0 Å². The average Bonchev–Trinajstić information content (AvgIpc) is 3.47. The third kappa shape index (κ3) is 4.59. The van der Waals surface area contributed by atoms with Crippen molar-refractivity contribution in [3.8, 4) is 11.3 Å².